The number of aromatic amines is 1. The lowest BCUT2D eigenvalue weighted by Crippen LogP contribution is -1.92. The van der Waals surface area contributed by atoms with Crippen molar-refractivity contribution in [2.45, 2.75) is 6.92 Å². The average Bonchev–Trinajstić information content (AvgIpc) is 2.81. The fourth-order valence-corrected chi connectivity index (χ4v) is 2.37. The molecule has 0 aliphatic rings. The number of fused-ring (bicyclic) bond motifs is 1. The normalized spacial score (nSPS) is 11.2. The second-order valence-electron chi connectivity index (χ2n) is 4.77. The molecule has 0 fully saturated rings. The largest absolute Gasteiger partial charge is 0.358 e. The standard InChI is InChI=1S/C18H15NO/c1-13-15(16-9-5-6-10-17(16)19-13)11-12-18(20)14-7-3-2-4-8-14/h2-12,19H,1H3/b12-11-. The van der Waals surface area contributed by atoms with Crippen molar-refractivity contribution in [1.82, 2.24) is 4.98 Å². The van der Waals surface area contributed by atoms with E-state index in [0.717, 1.165) is 22.2 Å². The van der Waals surface area contributed by atoms with Crippen LogP contribution in [0.1, 0.15) is 21.6 Å². The first-order chi connectivity index (χ1) is 9.75. The highest BCUT2D eigenvalue weighted by Gasteiger charge is 2.06. The van der Waals surface area contributed by atoms with Crippen LogP contribution >= 0.6 is 0 Å². The van der Waals surface area contributed by atoms with Gasteiger partial charge in [-0.05, 0) is 25.1 Å². The third kappa shape index (κ3) is 2.28. The first-order valence-corrected chi connectivity index (χ1v) is 6.60. The van der Waals surface area contributed by atoms with E-state index in [4.69, 9.17) is 0 Å². The predicted octanol–water partition coefficient (Wildman–Crippen LogP) is 4.37. The highest BCUT2D eigenvalue weighted by molar-refractivity contribution is 6.07. The molecule has 0 aliphatic heterocycles. The number of carbonyl (C=O) groups excluding carboxylic acids is 1. The van der Waals surface area contributed by atoms with Crippen molar-refractivity contribution in [2.24, 2.45) is 0 Å². The minimum Gasteiger partial charge on any atom is -0.358 e. The van der Waals surface area contributed by atoms with Gasteiger partial charge in [-0.2, -0.15) is 0 Å². The molecule has 0 atom stereocenters. The van der Waals surface area contributed by atoms with Gasteiger partial charge in [-0.3, -0.25) is 4.79 Å². The molecule has 1 aromatic heterocycles. The lowest BCUT2D eigenvalue weighted by atomic mass is 10.1. The van der Waals surface area contributed by atoms with Crippen molar-refractivity contribution in [3.63, 3.8) is 0 Å². The third-order valence-electron chi connectivity index (χ3n) is 3.40. The number of rotatable bonds is 3. The zero-order valence-corrected chi connectivity index (χ0v) is 11.3. The fraction of sp³-hybridized carbons (Fsp3) is 0.0556. The van der Waals surface area contributed by atoms with E-state index < -0.39 is 0 Å². The number of hydrogen-bond acceptors (Lipinski definition) is 1. The summed E-state index contributed by atoms with van der Waals surface area (Å²) >= 11 is 0. The van der Waals surface area contributed by atoms with Gasteiger partial charge in [0, 0.05) is 27.7 Å². The van der Waals surface area contributed by atoms with Crippen LogP contribution in [0.4, 0.5) is 0 Å². The van der Waals surface area contributed by atoms with Crippen LogP contribution in [0.15, 0.2) is 60.7 Å². The van der Waals surface area contributed by atoms with Crippen LogP contribution in [0.2, 0.25) is 0 Å². The smallest absolute Gasteiger partial charge is 0.185 e. The Balaban J connectivity index is 1.95. The minimum atomic E-state index is 0.0234. The van der Waals surface area contributed by atoms with Crippen LogP contribution in [-0.4, -0.2) is 10.8 Å². The molecule has 0 spiro atoms. The van der Waals surface area contributed by atoms with E-state index in [9.17, 15) is 4.79 Å². The molecule has 0 unspecified atom stereocenters. The van der Waals surface area contributed by atoms with Gasteiger partial charge in [0.25, 0.3) is 0 Å². The van der Waals surface area contributed by atoms with E-state index in [1.54, 1.807) is 6.08 Å². The molecule has 1 heterocycles. The monoisotopic (exact) mass is 261 g/mol. The molecule has 0 radical (unpaired) electrons. The van der Waals surface area contributed by atoms with E-state index in [2.05, 4.69) is 11.1 Å². The Morgan fingerprint density at radius 1 is 1.00 bits per heavy atom. The third-order valence-corrected chi connectivity index (χ3v) is 3.40. The van der Waals surface area contributed by atoms with E-state index in [-0.39, 0.29) is 5.78 Å². The molecule has 20 heavy (non-hydrogen) atoms. The minimum absolute atomic E-state index is 0.0234. The molecule has 0 amide bonds. The number of ketones is 1. The molecule has 1 N–H and O–H groups in total. The summed E-state index contributed by atoms with van der Waals surface area (Å²) in [5.41, 5.74) is 3.95. The second kappa shape index (κ2) is 5.17. The number of allylic oxidation sites excluding steroid dienone is 1. The first-order valence-electron chi connectivity index (χ1n) is 6.60. The van der Waals surface area contributed by atoms with Crippen molar-refractivity contribution in [1.29, 1.82) is 0 Å². The molecule has 0 saturated carbocycles. The van der Waals surface area contributed by atoms with Crippen LogP contribution < -0.4 is 0 Å². The van der Waals surface area contributed by atoms with Crippen LogP contribution in [0.5, 0.6) is 0 Å². The number of aryl methyl sites for hydroxylation is 1. The van der Waals surface area contributed by atoms with E-state index >= 15 is 0 Å². The number of hydrogen-bond donors (Lipinski definition) is 1. The maximum Gasteiger partial charge on any atom is 0.185 e. The maximum absolute atomic E-state index is 12.1. The van der Waals surface area contributed by atoms with Crippen LogP contribution in [0.25, 0.3) is 17.0 Å². The van der Waals surface area contributed by atoms with Gasteiger partial charge < -0.3 is 4.98 Å². The topological polar surface area (TPSA) is 32.9 Å². The van der Waals surface area contributed by atoms with Crippen molar-refractivity contribution < 1.29 is 4.79 Å². The van der Waals surface area contributed by atoms with Crippen LogP contribution in [-0.2, 0) is 0 Å². The summed E-state index contributed by atoms with van der Waals surface area (Å²) in [4.78, 5) is 15.4. The Morgan fingerprint density at radius 3 is 2.50 bits per heavy atom. The zero-order valence-electron chi connectivity index (χ0n) is 11.3. The molecule has 2 heteroatoms. The van der Waals surface area contributed by atoms with Crippen LogP contribution in [0.3, 0.4) is 0 Å². The maximum atomic E-state index is 12.1. The van der Waals surface area contributed by atoms with Crippen molar-refractivity contribution in [2.75, 3.05) is 0 Å². The molecular formula is C18H15NO. The quantitative estimate of drug-likeness (QED) is 0.551. The lowest BCUT2D eigenvalue weighted by molar-refractivity contribution is 0.104. The Bertz CT molecular complexity index is 782. The summed E-state index contributed by atoms with van der Waals surface area (Å²) in [6.45, 7) is 2.02. The number of benzene rings is 2. The van der Waals surface area contributed by atoms with Crippen molar-refractivity contribution in [3.05, 3.63) is 77.5 Å². The van der Waals surface area contributed by atoms with Gasteiger partial charge >= 0.3 is 0 Å². The van der Waals surface area contributed by atoms with E-state index in [0.29, 0.717) is 5.56 Å². The molecule has 3 aromatic rings. The lowest BCUT2D eigenvalue weighted by Gasteiger charge is -1.95. The Hall–Kier alpha value is -2.61. The molecule has 0 saturated heterocycles. The molecule has 0 aliphatic carbocycles. The number of aromatic nitrogens is 1. The highest BCUT2D eigenvalue weighted by atomic mass is 16.1. The number of nitrogens with one attached hydrogen (secondary N) is 1. The first kappa shape index (κ1) is 12.4. The van der Waals surface area contributed by atoms with E-state index in [1.165, 1.54) is 0 Å². The number of para-hydroxylation sites is 1. The number of carbonyl (C=O) groups is 1. The fourth-order valence-electron chi connectivity index (χ4n) is 2.37. The molecule has 0 bridgehead atoms. The van der Waals surface area contributed by atoms with Gasteiger partial charge in [-0.25, -0.2) is 0 Å². The average molecular weight is 261 g/mol. The van der Waals surface area contributed by atoms with Gasteiger partial charge in [0.2, 0.25) is 0 Å². The van der Waals surface area contributed by atoms with Crippen molar-refractivity contribution >= 4 is 22.8 Å². The zero-order chi connectivity index (χ0) is 13.9. The summed E-state index contributed by atoms with van der Waals surface area (Å²) in [6, 6.07) is 17.4. The van der Waals surface area contributed by atoms with Gasteiger partial charge in [0.05, 0.1) is 0 Å². The van der Waals surface area contributed by atoms with Crippen LogP contribution in [0, 0.1) is 6.92 Å². The predicted molar refractivity (Wildman–Crippen MR) is 82.8 cm³/mol. The summed E-state index contributed by atoms with van der Waals surface area (Å²) in [5, 5.41) is 1.14. The SMILES string of the molecule is Cc1[nH]c2ccccc2c1/C=C\C(=O)c1ccccc1. The van der Waals surface area contributed by atoms with Gasteiger partial charge in [-0.1, -0.05) is 48.5 Å². The Morgan fingerprint density at radius 2 is 1.70 bits per heavy atom. The van der Waals surface area contributed by atoms with E-state index in [1.807, 2.05) is 61.5 Å². The summed E-state index contributed by atoms with van der Waals surface area (Å²) in [5.74, 6) is 0.0234. The summed E-state index contributed by atoms with van der Waals surface area (Å²) in [6.07, 6.45) is 3.53. The molecular weight excluding hydrogens is 246 g/mol. The van der Waals surface area contributed by atoms with Crippen molar-refractivity contribution in [3.8, 4) is 0 Å². The molecule has 2 nitrogen and oxygen atoms in total. The van der Waals surface area contributed by atoms with Gasteiger partial charge in [0.15, 0.2) is 5.78 Å². The highest BCUT2D eigenvalue weighted by Crippen LogP contribution is 2.23. The summed E-state index contributed by atoms with van der Waals surface area (Å²) < 4.78 is 0. The Kier molecular flexibility index (Phi) is 3.21. The number of H-pyrrole nitrogens is 1. The summed E-state index contributed by atoms with van der Waals surface area (Å²) in [7, 11) is 0. The van der Waals surface area contributed by atoms with Gasteiger partial charge in [-0.15, -0.1) is 0 Å². The Labute approximate surface area is 117 Å². The molecule has 3 rings (SSSR count). The molecule has 98 valence electrons. The van der Waals surface area contributed by atoms with Gasteiger partial charge in [0.1, 0.15) is 0 Å². The molecule has 2 aromatic carbocycles. The second-order valence-corrected chi connectivity index (χ2v) is 4.77.